The van der Waals surface area contributed by atoms with Crippen LogP contribution in [0.5, 0.6) is 0 Å². The van der Waals surface area contributed by atoms with E-state index in [4.69, 9.17) is 0 Å². The molecule has 0 bridgehead atoms. The second kappa shape index (κ2) is 6.97. The van der Waals surface area contributed by atoms with Gasteiger partial charge in [0.05, 0.1) is 0 Å². The van der Waals surface area contributed by atoms with Crippen molar-refractivity contribution in [3.63, 3.8) is 0 Å². The molecule has 1 unspecified atom stereocenters. The van der Waals surface area contributed by atoms with Gasteiger partial charge in [-0.25, -0.2) is 9.97 Å². The first-order valence-corrected chi connectivity index (χ1v) is 8.60. The van der Waals surface area contributed by atoms with Gasteiger partial charge >= 0.3 is 0 Å². The highest BCUT2D eigenvalue weighted by molar-refractivity contribution is 5.26. The number of nitrogens with zero attached hydrogens (tertiary/aromatic N) is 3. The predicted molar refractivity (Wildman–Crippen MR) is 94.7 cm³/mol. The van der Waals surface area contributed by atoms with Crippen LogP contribution in [-0.2, 0) is 6.54 Å². The standard InChI is InChI=1S/C20H22N4/c1-2-4-18(5-3-1)19(12-16-6-7-16)22-13-17-8-9-20(23-14-17)24-11-10-21-15-24/h1-5,8-11,14-16,19,22H,6-7,12-13H2. The second-order valence-electron chi connectivity index (χ2n) is 6.52. The van der Waals surface area contributed by atoms with E-state index >= 15 is 0 Å². The Balaban J connectivity index is 1.42. The Morgan fingerprint density at radius 2 is 2.00 bits per heavy atom. The second-order valence-corrected chi connectivity index (χ2v) is 6.52. The predicted octanol–water partition coefficient (Wildman–Crippen LogP) is 3.90. The Bertz CT molecular complexity index is 746. The van der Waals surface area contributed by atoms with E-state index in [0.29, 0.717) is 6.04 Å². The van der Waals surface area contributed by atoms with Crippen LogP contribution in [0.3, 0.4) is 0 Å². The third-order valence-corrected chi connectivity index (χ3v) is 4.60. The molecule has 4 heteroatoms. The molecule has 1 aromatic carbocycles. The summed E-state index contributed by atoms with van der Waals surface area (Å²) in [5.41, 5.74) is 2.59. The molecule has 4 rings (SSSR count). The van der Waals surface area contributed by atoms with Gasteiger partial charge in [-0.05, 0) is 29.5 Å². The normalized spacial score (nSPS) is 15.3. The molecule has 1 saturated carbocycles. The largest absolute Gasteiger partial charge is 0.306 e. The van der Waals surface area contributed by atoms with Crippen molar-refractivity contribution in [2.45, 2.75) is 31.8 Å². The summed E-state index contributed by atoms with van der Waals surface area (Å²) in [4.78, 5) is 8.59. The summed E-state index contributed by atoms with van der Waals surface area (Å²) >= 11 is 0. The summed E-state index contributed by atoms with van der Waals surface area (Å²) in [6.07, 6.45) is 11.4. The smallest absolute Gasteiger partial charge is 0.137 e. The summed E-state index contributed by atoms with van der Waals surface area (Å²) in [7, 11) is 0. The van der Waals surface area contributed by atoms with Crippen molar-refractivity contribution in [3.8, 4) is 5.82 Å². The number of aromatic nitrogens is 3. The maximum Gasteiger partial charge on any atom is 0.137 e. The molecule has 0 amide bonds. The zero-order valence-electron chi connectivity index (χ0n) is 13.7. The Kier molecular flexibility index (Phi) is 4.38. The van der Waals surface area contributed by atoms with Crippen molar-refractivity contribution in [3.05, 3.63) is 78.5 Å². The van der Waals surface area contributed by atoms with Crippen LogP contribution in [0, 0.1) is 5.92 Å². The number of hydrogen-bond donors (Lipinski definition) is 1. The molecular weight excluding hydrogens is 296 g/mol. The lowest BCUT2D eigenvalue weighted by molar-refractivity contribution is 0.472. The van der Waals surface area contributed by atoms with Gasteiger partial charge in [0, 0.05) is 31.2 Å². The van der Waals surface area contributed by atoms with Gasteiger partial charge in [-0.2, -0.15) is 0 Å². The number of pyridine rings is 1. The van der Waals surface area contributed by atoms with Crippen LogP contribution < -0.4 is 5.32 Å². The van der Waals surface area contributed by atoms with Gasteiger partial charge in [0.1, 0.15) is 12.1 Å². The van der Waals surface area contributed by atoms with E-state index in [1.165, 1.54) is 30.4 Å². The van der Waals surface area contributed by atoms with E-state index in [1.807, 2.05) is 23.0 Å². The zero-order valence-corrected chi connectivity index (χ0v) is 13.7. The average molecular weight is 318 g/mol. The van der Waals surface area contributed by atoms with Gasteiger partial charge in [-0.1, -0.05) is 49.2 Å². The highest BCUT2D eigenvalue weighted by Crippen LogP contribution is 2.37. The van der Waals surface area contributed by atoms with Crippen molar-refractivity contribution in [1.82, 2.24) is 19.9 Å². The molecule has 0 spiro atoms. The molecule has 2 heterocycles. The molecule has 122 valence electrons. The third kappa shape index (κ3) is 3.71. The van der Waals surface area contributed by atoms with Gasteiger partial charge in [0.15, 0.2) is 0 Å². The number of hydrogen-bond acceptors (Lipinski definition) is 3. The van der Waals surface area contributed by atoms with Crippen molar-refractivity contribution in [1.29, 1.82) is 0 Å². The van der Waals surface area contributed by atoms with E-state index in [2.05, 4.69) is 51.7 Å². The molecular formula is C20H22N4. The molecule has 1 aliphatic rings. The van der Waals surface area contributed by atoms with Crippen molar-refractivity contribution in [2.75, 3.05) is 0 Å². The van der Waals surface area contributed by atoms with Gasteiger partial charge in [0.2, 0.25) is 0 Å². The maximum atomic E-state index is 4.53. The van der Waals surface area contributed by atoms with Gasteiger partial charge in [-0.15, -0.1) is 0 Å². The van der Waals surface area contributed by atoms with Gasteiger partial charge in [-0.3, -0.25) is 4.57 Å². The fraction of sp³-hybridized carbons (Fsp3) is 0.300. The van der Waals surface area contributed by atoms with Gasteiger partial charge < -0.3 is 5.32 Å². The van der Waals surface area contributed by atoms with Crippen LogP contribution in [0.25, 0.3) is 5.82 Å². The minimum absolute atomic E-state index is 0.423. The van der Waals surface area contributed by atoms with Crippen LogP contribution in [-0.4, -0.2) is 14.5 Å². The molecule has 1 fully saturated rings. The van der Waals surface area contributed by atoms with E-state index < -0.39 is 0 Å². The highest BCUT2D eigenvalue weighted by atomic mass is 15.1. The lowest BCUT2D eigenvalue weighted by Crippen LogP contribution is -2.21. The fourth-order valence-electron chi connectivity index (χ4n) is 3.02. The first-order chi connectivity index (χ1) is 11.9. The fourth-order valence-corrected chi connectivity index (χ4v) is 3.02. The summed E-state index contributed by atoms with van der Waals surface area (Å²) in [6.45, 7) is 0.837. The first kappa shape index (κ1) is 15.1. The molecule has 1 aliphatic carbocycles. The van der Waals surface area contributed by atoms with Crippen molar-refractivity contribution < 1.29 is 0 Å². The molecule has 3 aromatic rings. The molecule has 1 atom stereocenters. The van der Waals surface area contributed by atoms with E-state index in [1.54, 1.807) is 12.5 Å². The SMILES string of the molecule is c1ccc(C(CC2CC2)NCc2ccc(-n3ccnc3)nc2)cc1. The van der Waals surface area contributed by atoms with Crippen LogP contribution in [0.1, 0.15) is 36.4 Å². The third-order valence-electron chi connectivity index (χ3n) is 4.60. The lowest BCUT2D eigenvalue weighted by Gasteiger charge is -2.19. The number of imidazole rings is 1. The van der Waals surface area contributed by atoms with E-state index in [-0.39, 0.29) is 0 Å². The molecule has 0 radical (unpaired) electrons. The molecule has 24 heavy (non-hydrogen) atoms. The van der Waals surface area contributed by atoms with Gasteiger partial charge in [0.25, 0.3) is 0 Å². The topological polar surface area (TPSA) is 42.7 Å². The van der Waals surface area contributed by atoms with Crippen LogP contribution in [0.2, 0.25) is 0 Å². The van der Waals surface area contributed by atoms with Crippen LogP contribution >= 0.6 is 0 Å². The molecule has 0 aliphatic heterocycles. The number of rotatable bonds is 7. The molecule has 1 N–H and O–H groups in total. The lowest BCUT2D eigenvalue weighted by atomic mass is 10.0. The Morgan fingerprint density at radius 3 is 2.67 bits per heavy atom. The summed E-state index contributed by atoms with van der Waals surface area (Å²) in [6, 6.07) is 15.4. The number of benzene rings is 1. The monoisotopic (exact) mass is 318 g/mol. The molecule has 0 saturated heterocycles. The quantitative estimate of drug-likeness (QED) is 0.718. The maximum absolute atomic E-state index is 4.53. The van der Waals surface area contributed by atoms with E-state index in [9.17, 15) is 0 Å². The van der Waals surface area contributed by atoms with Crippen molar-refractivity contribution >= 4 is 0 Å². The summed E-state index contributed by atoms with van der Waals surface area (Å²) < 4.78 is 1.91. The van der Waals surface area contributed by atoms with Crippen LogP contribution in [0.4, 0.5) is 0 Å². The molecule has 4 nitrogen and oxygen atoms in total. The summed E-state index contributed by atoms with van der Waals surface area (Å²) in [5, 5.41) is 3.72. The Labute approximate surface area is 142 Å². The average Bonchev–Trinajstić information content (AvgIpc) is 3.29. The minimum atomic E-state index is 0.423. The highest BCUT2D eigenvalue weighted by Gasteiger charge is 2.26. The Hall–Kier alpha value is -2.46. The van der Waals surface area contributed by atoms with Crippen molar-refractivity contribution in [2.24, 2.45) is 5.92 Å². The minimum Gasteiger partial charge on any atom is -0.306 e. The molecule has 2 aromatic heterocycles. The Morgan fingerprint density at radius 1 is 1.12 bits per heavy atom. The zero-order chi connectivity index (χ0) is 16.2. The van der Waals surface area contributed by atoms with Crippen LogP contribution in [0.15, 0.2) is 67.4 Å². The van der Waals surface area contributed by atoms with E-state index in [0.717, 1.165) is 18.3 Å². The summed E-state index contributed by atoms with van der Waals surface area (Å²) in [5.74, 6) is 1.79. The number of nitrogens with one attached hydrogen (secondary N) is 1. The first-order valence-electron chi connectivity index (χ1n) is 8.60.